The van der Waals surface area contributed by atoms with E-state index in [9.17, 15) is 23.3 Å². The van der Waals surface area contributed by atoms with E-state index in [1.54, 1.807) is 6.07 Å². The van der Waals surface area contributed by atoms with E-state index in [0.29, 0.717) is 11.8 Å². The monoisotopic (exact) mass is 286 g/mol. The average Bonchev–Trinajstić information content (AvgIpc) is 2.88. The molecule has 0 amide bonds. The normalized spacial score (nSPS) is 11.3. The lowest BCUT2D eigenvalue weighted by Gasteiger charge is -2.10. The lowest BCUT2D eigenvalue weighted by Crippen LogP contribution is -2.10. The molecular weight excluding hydrogens is 277 g/mol. The number of alkyl halides is 3. The number of aromatic nitrogens is 2. The Balaban J connectivity index is 2.25. The maximum absolute atomic E-state index is 12.8. The number of hydrogen-bond donors (Lipinski definition) is 2. The zero-order valence-corrected chi connectivity index (χ0v) is 9.94. The van der Waals surface area contributed by atoms with Gasteiger partial charge in [0.15, 0.2) is 0 Å². The van der Waals surface area contributed by atoms with Crippen LogP contribution >= 0.6 is 0 Å². The van der Waals surface area contributed by atoms with Gasteiger partial charge >= 0.3 is 6.18 Å². The lowest BCUT2D eigenvalue weighted by molar-refractivity contribution is -0.388. The highest BCUT2D eigenvalue weighted by Gasteiger charge is 2.38. The molecule has 6 nitrogen and oxygen atoms in total. The second-order valence-electron chi connectivity index (χ2n) is 3.92. The van der Waals surface area contributed by atoms with Crippen molar-refractivity contribution in [3.8, 4) is 0 Å². The minimum absolute atomic E-state index is 0.137. The van der Waals surface area contributed by atoms with Gasteiger partial charge in [-0.15, -0.1) is 0 Å². The summed E-state index contributed by atoms with van der Waals surface area (Å²) in [6.07, 6.45) is -3.28. The predicted molar refractivity (Wildman–Crippen MR) is 64.0 cm³/mol. The van der Waals surface area contributed by atoms with Crippen LogP contribution in [-0.2, 0) is 12.7 Å². The first-order chi connectivity index (χ1) is 9.38. The van der Waals surface area contributed by atoms with Gasteiger partial charge in [-0.25, -0.2) is 0 Å². The molecule has 0 bridgehead atoms. The van der Waals surface area contributed by atoms with Crippen molar-refractivity contribution in [3.63, 3.8) is 0 Å². The zero-order valence-electron chi connectivity index (χ0n) is 9.94. The van der Waals surface area contributed by atoms with Crippen molar-refractivity contribution in [1.82, 2.24) is 10.2 Å². The fraction of sp³-hybridized carbons (Fsp3) is 0.182. The number of halogens is 3. The minimum Gasteiger partial charge on any atom is -0.379 e. The average molecular weight is 286 g/mol. The number of rotatable bonds is 4. The third kappa shape index (κ3) is 3.05. The van der Waals surface area contributed by atoms with Crippen molar-refractivity contribution in [2.45, 2.75) is 12.7 Å². The van der Waals surface area contributed by atoms with Crippen molar-refractivity contribution in [2.75, 3.05) is 5.32 Å². The molecule has 0 saturated carbocycles. The number of nitro groups is 1. The van der Waals surface area contributed by atoms with Crippen LogP contribution < -0.4 is 5.32 Å². The molecule has 0 fully saturated rings. The van der Waals surface area contributed by atoms with Crippen LogP contribution in [0.3, 0.4) is 0 Å². The minimum atomic E-state index is -4.78. The third-order valence-electron chi connectivity index (χ3n) is 2.54. The van der Waals surface area contributed by atoms with E-state index in [0.717, 1.165) is 6.07 Å². The second kappa shape index (κ2) is 5.19. The number of benzene rings is 1. The zero-order chi connectivity index (χ0) is 14.8. The molecule has 0 unspecified atom stereocenters. The number of hydrogen-bond acceptors (Lipinski definition) is 4. The first-order valence-corrected chi connectivity index (χ1v) is 5.45. The largest absolute Gasteiger partial charge is 0.423 e. The fourth-order valence-corrected chi connectivity index (χ4v) is 1.61. The van der Waals surface area contributed by atoms with Gasteiger partial charge in [-0.3, -0.25) is 15.2 Å². The maximum Gasteiger partial charge on any atom is 0.423 e. The number of H-pyrrole nitrogens is 1. The van der Waals surface area contributed by atoms with Crippen molar-refractivity contribution >= 4 is 11.4 Å². The SMILES string of the molecule is O=[N+]([O-])c1ccc(NCc2ccn[nH]2)cc1C(F)(F)F. The molecule has 2 aromatic rings. The van der Waals surface area contributed by atoms with Crippen LogP contribution in [0.2, 0.25) is 0 Å². The van der Waals surface area contributed by atoms with E-state index in [-0.39, 0.29) is 12.2 Å². The van der Waals surface area contributed by atoms with Gasteiger partial charge in [-0.05, 0) is 18.2 Å². The molecule has 106 valence electrons. The summed E-state index contributed by atoms with van der Waals surface area (Å²) in [6, 6.07) is 4.43. The quantitative estimate of drug-likeness (QED) is 0.668. The van der Waals surface area contributed by atoms with E-state index in [1.807, 2.05) is 0 Å². The summed E-state index contributed by atoms with van der Waals surface area (Å²) in [4.78, 5) is 9.54. The molecule has 9 heteroatoms. The van der Waals surface area contributed by atoms with E-state index in [1.165, 1.54) is 12.3 Å². The van der Waals surface area contributed by atoms with E-state index in [2.05, 4.69) is 15.5 Å². The fourth-order valence-electron chi connectivity index (χ4n) is 1.61. The van der Waals surface area contributed by atoms with Crippen LogP contribution in [0.15, 0.2) is 30.5 Å². The Labute approximate surface area is 110 Å². The third-order valence-corrected chi connectivity index (χ3v) is 2.54. The summed E-state index contributed by atoms with van der Waals surface area (Å²) >= 11 is 0. The van der Waals surface area contributed by atoms with E-state index in [4.69, 9.17) is 0 Å². The molecular formula is C11H9F3N4O2. The Morgan fingerprint density at radius 1 is 1.35 bits per heavy atom. The Kier molecular flexibility index (Phi) is 3.59. The number of anilines is 1. The lowest BCUT2D eigenvalue weighted by atomic mass is 10.1. The molecule has 0 spiro atoms. The summed E-state index contributed by atoms with van der Waals surface area (Å²) in [6.45, 7) is 0.231. The number of aromatic amines is 1. The van der Waals surface area contributed by atoms with Crippen LogP contribution in [0.4, 0.5) is 24.5 Å². The molecule has 20 heavy (non-hydrogen) atoms. The standard InChI is InChI=1S/C11H9F3N4O2/c12-11(13,14)9-5-7(1-2-10(9)18(19)20)15-6-8-3-4-16-17-8/h1-5,15H,6H2,(H,16,17). The van der Waals surface area contributed by atoms with Gasteiger partial charge in [0, 0.05) is 18.0 Å². The highest BCUT2D eigenvalue weighted by atomic mass is 19.4. The number of nitrogens with zero attached hydrogens (tertiary/aromatic N) is 2. The van der Waals surface area contributed by atoms with Crippen molar-refractivity contribution in [3.05, 3.63) is 51.8 Å². The van der Waals surface area contributed by atoms with Crippen LogP contribution in [0.5, 0.6) is 0 Å². The highest BCUT2D eigenvalue weighted by molar-refractivity contribution is 5.55. The van der Waals surface area contributed by atoms with Gasteiger partial charge in [0.1, 0.15) is 5.56 Å². The molecule has 0 saturated heterocycles. The Bertz CT molecular complexity index is 611. The molecule has 1 aromatic carbocycles. The highest BCUT2D eigenvalue weighted by Crippen LogP contribution is 2.37. The van der Waals surface area contributed by atoms with Crippen LogP contribution in [-0.4, -0.2) is 15.1 Å². The van der Waals surface area contributed by atoms with Crippen LogP contribution in [0.1, 0.15) is 11.3 Å². The van der Waals surface area contributed by atoms with Crippen molar-refractivity contribution < 1.29 is 18.1 Å². The topological polar surface area (TPSA) is 83.8 Å². The molecule has 2 rings (SSSR count). The van der Waals surface area contributed by atoms with E-state index < -0.39 is 22.4 Å². The van der Waals surface area contributed by atoms with Crippen molar-refractivity contribution in [2.24, 2.45) is 0 Å². The molecule has 2 N–H and O–H groups in total. The molecule has 0 atom stereocenters. The van der Waals surface area contributed by atoms with Gasteiger partial charge < -0.3 is 5.32 Å². The van der Waals surface area contributed by atoms with Crippen LogP contribution in [0, 0.1) is 10.1 Å². The molecule has 0 aliphatic rings. The van der Waals surface area contributed by atoms with Gasteiger partial charge in [0.05, 0.1) is 17.2 Å². The molecule has 0 radical (unpaired) electrons. The smallest absolute Gasteiger partial charge is 0.379 e. The summed E-state index contributed by atoms with van der Waals surface area (Å²) < 4.78 is 38.3. The van der Waals surface area contributed by atoms with Crippen molar-refractivity contribution in [1.29, 1.82) is 0 Å². The van der Waals surface area contributed by atoms with E-state index >= 15 is 0 Å². The Morgan fingerprint density at radius 2 is 2.10 bits per heavy atom. The molecule has 0 aliphatic heterocycles. The predicted octanol–water partition coefficient (Wildman–Crippen LogP) is 2.95. The van der Waals surface area contributed by atoms with Gasteiger partial charge in [0.2, 0.25) is 0 Å². The molecule has 0 aliphatic carbocycles. The second-order valence-corrected chi connectivity index (χ2v) is 3.92. The molecule has 1 heterocycles. The summed E-state index contributed by atoms with van der Waals surface area (Å²) in [5, 5.41) is 19.7. The summed E-state index contributed by atoms with van der Waals surface area (Å²) in [5.41, 5.74) is -1.43. The van der Waals surface area contributed by atoms with Gasteiger partial charge in [-0.2, -0.15) is 18.3 Å². The summed E-state index contributed by atoms with van der Waals surface area (Å²) in [7, 11) is 0. The van der Waals surface area contributed by atoms with Crippen LogP contribution in [0.25, 0.3) is 0 Å². The molecule has 1 aromatic heterocycles. The van der Waals surface area contributed by atoms with Gasteiger partial charge in [0.25, 0.3) is 5.69 Å². The maximum atomic E-state index is 12.8. The Hall–Kier alpha value is -2.58. The Morgan fingerprint density at radius 3 is 2.65 bits per heavy atom. The summed E-state index contributed by atoms with van der Waals surface area (Å²) in [5.74, 6) is 0. The number of nitro benzene ring substituents is 1. The van der Waals surface area contributed by atoms with Gasteiger partial charge in [-0.1, -0.05) is 0 Å². The first-order valence-electron chi connectivity index (χ1n) is 5.45. The number of nitrogens with one attached hydrogen (secondary N) is 2. The first kappa shape index (κ1) is 13.8.